The first-order chi connectivity index (χ1) is 12.0. The van der Waals surface area contributed by atoms with Gasteiger partial charge in [-0.3, -0.25) is 4.79 Å². The standard InChI is InChI=1S/C18H22N2O5/c1-11-6-14(25-19-11)7-13-9-20(10-15(13)21)18(22)12-4-5-16(23-2)17(8-12)24-3/h4-6,8,13,15,21H,7,9-10H2,1-3H3/t13-,15+/m1/s1. The zero-order valence-electron chi connectivity index (χ0n) is 14.6. The third-order valence-corrected chi connectivity index (χ3v) is 4.46. The van der Waals surface area contributed by atoms with Gasteiger partial charge in [-0.2, -0.15) is 0 Å². The summed E-state index contributed by atoms with van der Waals surface area (Å²) in [6, 6.07) is 6.91. The van der Waals surface area contributed by atoms with Crippen LogP contribution in [-0.2, 0) is 6.42 Å². The van der Waals surface area contributed by atoms with E-state index in [-0.39, 0.29) is 11.8 Å². The molecule has 0 radical (unpaired) electrons. The van der Waals surface area contributed by atoms with Gasteiger partial charge >= 0.3 is 0 Å². The molecule has 2 aromatic rings. The van der Waals surface area contributed by atoms with Crippen molar-refractivity contribution in [3.05, 3.63) is 41.3 Å². The third-order valence-electron chi connectivity index (χ3n) is 4.46. The number of rotatable bonds is 5. The lowest BCUT2D eigenvalue weighted by atomic mass is 10.0. The minimum atomic E-state index is -0.588. The van der Waals surface area contributed by atoms with E-state index in [4.69, 9.17) is 14.0 Å². The highest BCUT2D eigenvalue weighted by Gasteiger charge is 2.35. The molecular weight excluding hydrogens is 324 g/mol. The number of β-amino-alcohol motifs (C(OH)–C–C–N with tert-alkyl or cyclic N) is 1. The minimum absolute atomic E-state index is 0.0727. The van der Waals surface area contributed by atoms with Crippen LogP contribution >= 0.6 is 0 Å². The molecule has 0 spiro atoms. The molecule has 0 unspecified atom stereocenters. The number of aryl methyl sites for hydroxylation is 1. The molecule has 1 aliphatic rings. The van der Waals surface area contributed by atoms with Crippen molar-refractivity contribution in [2.75, 3.05) is 27.3 Å². The van der Waals surface area contributed by atoms with Crippen molar-refractivity contribution < 1.29 is 23.9 Å². The average Bonchev–Trinajstić information content (AvgIpc) is 3.19. The van der Waals surface area contributed by atoms with E-state index >= 15 is 0 Å². The van der Waals surface area contributed by atoms with Crippen LogP contribution in [0.3, 0.4) is 0 Å². The summed E-state index contributed by atoms with van der Waals surface area (Å²) < 4.78 is 15.7. The molecule has 1 aliphatic heterocycles. The van der Waals surface area contributed by atoms with Crippen LogP contribution in [-0.4, -0.2) is 54.5 Å². The SMILES string of the molecule is COc1ccc(C(=O)N2C[C@@H](Cc3cc(C)no3)[C@@H](O)C2)cc1OC. The second-order valence-electron chi connectivity index (χ2n) is 6.25. The van der Waals surface area contributed by atoms with Crippen LogP contribution < -0.4 is 9.47 Å². The van der Waals surface area contributed by atoms with E-state index in [1.54, 1.807) is 30.2 Å². The summed E-state index contributed by atoms with van der Waals surface area (Å²) in [6.07, 6.45) is -0.0351. The fraction of sp³-hybridized carbons (Fsp3) is 0.444. The molecule has 0 aliphatic carbocycles. The number of methoxy groups -OCH3 is 2. The Morgan fingerprint density at radius 1 is 1.28 bits per heavy atom. The number of amides is 1. The number of likely N-dealkylation sites (tertiary alicyclic amines) is 1. The zero-order valence-corrected chi connectivity index (χ0v) is 14.6. The number of aliphatic hydroxyl groups excluding tert-OH is 1. The predicted octanol–water partition coefficient (Wildman–Crippen LogP) is 1.68. The van der Waals surface area contributed by atoms with E-state index < -0.39 is 6.10 Å². The van der Waals surface area contributed by atoms with Crippen molar-refractivity contribution in [3.63, 3.8) is 0 Å². The first kappa shape index (κ1) is 17.3. The molecule has 2 heterocycles. The second-order valence-corrected chi connectivity index (χ2v) is 6.25. The fourth-order valence-electron chi connectivity index (χ4n) is 3.14. The first-order valence-corrected chi connectivity index (χ1v) is 8.13. The molecular formula is C18H22N2O5. The normalized spacial score (nSPS) is 19.9. The van der Waals surface area contributed by atoms with Crippen molar-refractivity contribution in [2.45, 2.75) is 19.4 Å². The number of carbonyl (C=O) groups is 1. The number of nitrogens with zero attached hydrogens (tertiary/aromatic N) is 2. The Kier molecular flexibility index (Phi) is 4.94. The second kappa shape index (κ2) is 7.14. The van der Waals surface area contributed by atoms with Gasteiger partial charge in [0.1, 0.15) is 5.76 Å². The molecule has 0 saturated carbocycles. The molecule has 7 heteroatoms. The summed E-state index contributed by atoms with van der Waals surface area (Å²) in [4.78, 5) is 14.4. The van der Waals surface area contributed by atoms with E-state index in [1.165, 1.54) is 7.11 Å². The van der Waals surface area contributed by atoms with Gasteiger partial charge in [0.15, 0.2) is 11.5 Å². The average molecular weight is 346 g/mol. The summed E-state index contributed by atoms with van der Waals surface area (Å²) in [7, 11) is 3.08. The van der Waals surface area contributed by atoms with Crippen molar-refractivity contribution >= 4 is 5.91 Å². The number of aromatic nitrogens is 1. The molecule has 1 aromatic heterocycles. The molecule has 2 atom stereocenters. The summed E-state index contributed by atoms with van der Waals surface area (Å²) >= 11 is 0. The minimum Gasteiger partial charge on any atom is -0.493 e. The molecule has 0 bridgehead atoms. The van der Waals surface area contributed by atoms with Crippen molar-refractivity contribution in [1.82, 2.24) is 10.1 Å². The van der Waals surface area contributed by atoms with E-state index in [9.17, 15) is 9.90 Å². The highest BCUT2D eigenvalue weighted by Crippen LogP contribution is 2.29. The Morgan fingerprint density at radius 3 is 2.68 bits per heavy atom. The smallest absolute Gasteiger partial charge is 0.254 e. The van der Waals surface area contributed by atoms with Crippen molar-refractivity contribution in [2.24, 2.45) is 5.92 Å². The van der Waals surface area contributed by atoms with Gasteiger partial charge in [0.25, 0.3) is 5.91 Å². The highest BCUT2D eigenvalue weighted by molar-refractivity contribution is 5.95. The van der Waals surface area contributed by atoms with Gasteiger partial charge < -0.3 is 24.0 Å². The molecule has 3 rings (SSSR count). The van der Waals surface area contributed by atoms with Crippen LogP contribution in [0.5, 0.6) is 11.5 Å². The maximum absolute atomic E-state index is 12.7. The van der Waals surface area contributed by atoms with Crippen LogP contribution in [0.4, 0.5) is 0 Å². The summed E-state index contributed by atoms with van der Waals surface area (Å²) in [5.41, 5.74) is 1.31. The molecule has 134 valence electrons. The summed E-state index contributed by atoms with van der Waals surface area (Å²) in [5, 5.41) is 14.2. The number of hydrogen-bond acceptors (Lipinski definition) is 6. The number of benzene rings is 1. The lowest BCUT2D eigenvalue weighted by Gasteiger charge is -2.17. The van der Waals surface area contributed by atoms with Crippen LogP contribution in [0.2, 0.25) is 0 Å². The zero-order chi connectivity index (χ0) is 18.0. The van der Waals surface area contributed by atoms with Gasteiger partial charge in [0, 0.05) is 37.1 Å². The van der Waals surface area contributed by atoms with Gasteiger partial charge in [-0.05, 0) is 25.1 Å². The number of hydrogen-bond donors (Lipinski definition) is 1. The first-order valence-electron chi connectivity index (χ1n) is 8.13. The Balaban J connectivity index is 1.71. The molecule has 25 heavy (non-hydrogen) atoms. The van der Waals surface area contributed by atoms with E-state index in [0.29, 0.717) is 36.6 Å². The molecule has 1 N–H and O–H groups in total. The highest BCUT2D eigenvalue weighted by atomic mass is 16.5. The van der Waals surface area contributed by atoms with E-state index in [1.807, 2.05) is 13.0 Å². The van der Waals surface area contributed by atoms with Gasteiger partial charge in [0.2, 0.25) is 0 Å². The Morgan fingerprint density at radius 2 is 2.04 bits per heavy atom. The number of aliphatic hydroxyl groups is 1. The van der Waals surface area contributed by atoms with E-state index in [2.05, 4.69) is 5.16 Å². The van der Waals surface area contributed by atoms with Crippen molar-refractivity contribution in [3.8, 4) is 11.5 Å². The Labute approximate surface area is 146 Å². The van der Waals surface area contributed by atoms with Gasteiger partial charge in [-0.1, -0.05) is 5.16 Å². The lowest BCUT2D eigenvalue weighted by Crippen LogP contribution is -2.29. The molecule has 1 amide bonds. The fourth-order valence-corrected chi connectivity index (χ4v) is 3.14. The predicted molar refractivity (Wildman–Crippen MR) is 89.9 cm³/mol. The summed E-state index contributed by atoms with van der Waals surface area (Å²) in [5.74, 6) is 1.58. The Hall–Kier alpha value is -2.54. The number of ether oxygens (including phenoxy) is 2. The molecule has 1 fully saturated rings. The number of carbonyl (C=O) groups excluding carboxylic acids is 1. The maximum atomic E-state index is 12.7. The van der Waals surface area contributed by atoms with E-state index in [0.717, 1.165) is 11.5 Å². The van der Waals surface area contributed by atoms with Gasteiger partial charge in [-0.25, -0.2) is 0 Å². The Bertz CT molecular complexity index is 758. The molecule has 1 aromatic carbocycles. The van der Waals surface area contributed by atoms with Gasteiger partial charge in [0.05, 0.1) is 26.0 Å². The van der Waals surface area contributed by atoms with Crippen LogP contribution in [0.1, 0.15) is 21.8 Å². The largest absolute Gasteiger partial charge is 0.493 e. The van der Waals surface area contributed by atoms with Gasteiger partial charge in [-0.15, -0.1) is 0 Å². The third kappa shape index (κ3) is 3.61. The van der Waals surface area contributed by atoms with Crippen molar-refractivity contribution in [1.29, 1.82) is 0 Å². The quantitative estimate of drug-likeness (QED) is 0.887. The maximum Gasteiger partial charge on any atom is 0.254 e. The van der Waals surface area contributed by atoms with Crippen LogP contribution in [0.25, 0.3) is 0 Å². The summed E-state index contributed by atoms with van der Waals surface area (Å²) in [6.45, 7) is 2.62. The topological polar surface area (TPSA) is 85.0 Å². The molecule has 7 nitrogen and oxygen atoms in total. The lowest BCUT2D eigenvalue weighted by molar-refractivity contribution is 0.0764. The molecule has 1 saturated heterocycles. The monoisotopic (exact) mass is 346 g/mol. The van der Waals surface area contributed by atoms with Crippen LogP contribution in [0.15, 0.2) is 28.8 Å². The van der Waals surface area contributed by atoms with Crippen LogP contribution in [0, 0.1) is 12.8 Å².